The molecule has 30 heavy (non-hydrogen) atoms. The van der Waals surface area contributed by atoms with Gasteiger partial charge in [-0.05, 0) is 0 Å². The van der Waals surface area contributed by atoms with Crippen LogP contribution in [0.25, 0.3) is 0 Å². The van der Waals surface area contributed by atoms with E-state index in [-0.39, 0.29) is 0 Å². The van der Waals surface area contributed by atoms with Gasteiger partial charge in [0.1, 0.15) is 0 Å². The van der Waals surface area contributed by atoms with E-state index >= 15 is 0 Å². The van der Waals surface area contributed by atoms with Crippen LogP contribution in [-0.2, 0) is 9.59 Å². The highest BCUT2D eigenvalue weighted by atomic mass is 19.4. The van der Waals surface area contributed by atoms with Crippen molar-refractivity contribution >= 4 is 11.9 Å². The Hall–Kier alpha value is -2.43. The van der Waals surface area contributed by atoms with Crippen molar-refractivity contribution in [1.29, 1.82) is 0 Å². The van der Waals surface area contributed by atoms with Crippen LogP contribution in [0.2, 0.25) is 0 Å². The molecule has 1 atom stereocenters. The first kappa shape index (κ1) is 32.2. The third-order valence-electron chi connectivity index (χ3n) is 2.38. The van der Waals surface area contributed by atoms with Gasteiger partial charge >= 0.3 is 35.9 Å². The maximum Gasteiger partial charge on any atom is 0.460 e. The van der Waals surface area contributed by atoms with E-state index in [1.807, 2.05) is 0 Å². The first-order chi connectivity index (χ1) is 13.0. The lowest BCUT2D eigenvalue weighted by atomic mass is 9.99. The lowest BCUT2D eigenvalue weighted by Gasteiger charge is -2.34. The van der Waals surface area contributed by atoms with E-state index in [2.05, 4.69) is 13.2 Å². The van der Waals surface area contributed by atoms with Gasteiger partial charge in [0.25, 0.3) is 0 Å². The Morgan fingerprint density at radius 2 is 1.03 bits per heavy atom. The zero-order valence-electron chi connectivity index (χ0n) is 14.2. The molecule has 0 radical (unpaired) electrons. The Morgan fingerprint density at radius 1 is 0.767 bits per heavy atom. The summed E-state index contributed by atoms with van der Waals surface area (Å²) in [6.45, 7) is 3.48. The minimum atomic E-state index is -6.97. The Kier molecular flexibility index (Phi) is 12.5. The number of hydrogen-bond acceptors (Lipinski definition) is 4. The summed E-state index contributed by atoms with van der Waals surface area (Å²) in [7, 11) is 0. The number of alkyl halides is 9. The zero-order chi connectivity index (χ0) is 25.3. The van der Waals surface area contributed by atoms with Crippen molar-refractivity contribution in [2.75, 3.05) is 6.61 Å². The van der Waals surface area contributed by atoms with E-state index in [1.54, 1.807) is 0 Å². The number of aliphatic hydroxyl groups is 2. The van der Waals surface area contributed by atoms with Crippen LogP contribution < -0.4 is 0 Å². The van der Waals surface area contributed by atoms with Crippen molar-refractivity contribution < 1.29 is 78.3 Å². The van der Waals surface area contributed by atoms with Crippen LogP contribution in [0.15, 0.2) is 24.8 Å². The fraction of sp³-hybridized carbons (Fsp3) is 0.538. The summed E-state index contributed by atoms with van der Waals surface area (Å²) < 4.78 is 132. The molecule has 0 aliphatic heterocycles. The molecule has 0 aromatic heterocycles. The van der Waals surface area contributed by atoms with Crippen LogP contribution in [0.3, 0.4) is 0 Å². The number of carbonyl (C=O) groups is 2. The third kappa shape index (κ3) is 9.86. The lowest BCUT2D eigenvalue weighted by molar-refractivity contribution is -0.398. The van der Waals surface area contributed by atoms with Crippen LogP contribution >= 0.6 is 0 Å². The highest BCUT2D eigenvalue weighted by molar-refractivity contribution is 5.83. The highest BCUT2D eigenvalue weighted by Crippen LogP contribution is 2.54. The van der Waals surface area contributed by atoms with E-state index in [9.17, 15) is 57.9 Å². The van der Waals surface area contributed by atoms with Gasteiger partial charge in [-0.15, -0.1) is 0 Å². The summed E-state index contributed by atoms with van der Waals surface area (Å²) in [5.74, 6) is -25.4. The first-order valence-corrected chi connectivity index (χ1v) is 6.64. The Labute approximate surface area is 159 Å². The van der Waals surface area contributed by atoms with Gasteiger partial charge in [0.15, 0.2) is 0 Å². The lowest BCUT2D eigenvalue weighted by Crippen LogP contribution is -2.61. The second-order valence-corrected chi connectivity index (χ2v) is 4.81. The van der Waals surface area contributed by atoms with E-state index in [4.69, 9.17) is 20.4 Å². The van der Waals surface area contributed by atoms with Crippen molar-refractivity contribution in [3.8, 4) is 0 Å². The van der Waals surface area contributed by atoms with E-state index < -0.39 is 66.7 Å². The number of aliphatic carboxylic acids is 2. The van der Waals surface area contributed by atoms with Gasteiger partial charge in [-0.25, -0.2) is 9.59 Å². The van der Waals surface area contributed by atoms with Crippen molar-refractivity contribution in [3.63, 3.8) is 0 Å². The van der Waals surface area contributed by atoms with Crippen LogP contribution in [0.5, 0.6) is 0 Å². The quantitative estimate of drug-likeness (QED) is 0.333. The molecule has 0 saturated carbocycles. The standard InChI is InChI=1S/C7H7F9O2.2C3H3FO2/c8-4(9,1-3(18)2-17)5(10,11)6(12,13)7(14,15)16;2*1-2(4)3(5)6/h3,17-18H,1-2H2;2*1H2,(H,5,6). The molecule has 4 N–H and O–H groups in total. The minimum absolute atomic E-state index is 1.32. The molecule has 178 valence electrons. The topological polar surface area (TPSA) is 115 Å². The molecule has 6 nitrogen and oxygen atoms in total. The molecule has 0 aliphatic rings. The summed E-state index contributed by atoms with van der Waals surface area (Å²) >= 11 is 0. The highest BCUT2D eigenvalue weighted by Gasteiger charge is 2.81. The molecule has 0 spiro atoms. The maximum absolute atomic E-state index is 12.7. The molecular weight excluding hydrogens is 461 g/mol. The van der Waals surface area contributed by atoms with E-state index in [0.29, 0.717) is 0 Å². The second-order valence-electron chi connectivity index (χ2n) is 4.81. The number of rotatable bonds is 7. The van der Waals surface area contributed by atoms with Crippen molar-refractivity contribution in [2.24, 2.45) is 0 Å². The summed E-state index contributed by atoms with van der Waals surface area (Å²) in [4.78, 5) is 18.4. The van der Waals surface area contributed by atoms with Crippen LogP contribution in [-0.4, -0.2) is 69.0 Å². The smallest absolute Gasteiger partial charge is 0.460 e. The van der Waals surface area contributed by atoms with Crippen LogP contribution in [0.1, 0.15) is 6.42 Å². The van der Waals surface area contributed by atoms with Gasteiger partial charge in [0, 0.05) is 6.42 Å². The molecule has 0 aliphatic carbocycles. The Bertz CT molecular complexity index is 567. The molecule has 0 heterocycles. The molecule has 0 amide bonds. The average Bonchev–Trinajstić information content (AvgIpc) is 2.53. The Morgan fingerprint density at radius 3 is 1.20 bits per heavy atom. The number of hydrogen-bond donors (Lipinski definition) is 4. The maximum atomic E-state index is 12.7. The molecule has 0 aromatic carbocycles. The number of carboxylic acid groups (broad SMARTS) is 2. The summed E-state index contributed by atoms with van der Waals surface area (Å²) in [5.41, 5.74) is 0. The summed E-state index contributed by atoms with van der Waals surface area (Å²) in [6, 6.07) is 0. The molecular formula is C13H13F11O6. The number of halogens is 11. The predicted molar refractivity (Wildman–Crippen MR) is 74.4 cm³/mol. The molecule has 0 aromatic rings. The Balaban J connectivity index is -0.000000495. The van der Waals surface area contributed by atoms with Gasteiger partial charge < -0.3 is 20.4 Å². The van der Waals surface area contributed by atoms with E-state index in [0.717, 1.165) is 0 Å². The molecule has 0 rings (SSSR count). The van der Waals surface area contributed by atoms with Crippen molar-refractivity contribution in [1.82, 2.24) is 0 Å². The van der Waals surface area contributed by atoms with Gasteiger partial charge in [-0.1, -0.05) is 13.2 Å². The number of aliphatic hydroxyl groups excluding tert-OH is 2. The average molecular weight is 474 g/mol. The van der Waals surface area contributed by atoms with Crippen molar-refractivity contribution in [3.05, 3.63) is 24.8 Å². The largest absolute Gasteiger partial charge is 0.476 e. The molecule has 1 unspecified atom stereocenters. The normalized spacial score (nSPS) is 13.1. The SMILES string of the molecule is C=C(F)C(=O)O.C=C(F)C(=O)O.OCC(O)CC(F)(F)C(F)(F)C(F)(F)C(F)(F)F. The summed E-state index contributed by atoms with van der Waals surface area (Å²) in [6.07, 6.45) is -11.9. The molecule has 0 saturated heterocycles. The van der Waals surface area contributed by atoms with E-state index in [1.165, 1.54) is 0 Å². The molecule has 0 bridgehead atoms. The minimum Gasteiger partial charge on any atom is -0.476 e. The van der Waals surface area contributed by atoms with Gasteiger partial charge in [-0.3, -0.25) is 0 Å². The second kappa shape index (κ2) is 11.7. The van der Waals surface area contributed by atoms with Crippen molar-refractivity contribution in [2.45, 2.75) is 36.5 Å². The first-order valence-electron chi connectivity index (χ1n) is 6.64. The fourth-order valence-corrected chi connectivity index (χ4v) is 0.896. The van der Waals surface area contributed by atoms with Gasteiger partial charge in [0.05, 0.1) is 12.7 Å². The van der Waals surface area contributed by atoms with Crippen LogP contribution in [0.4, 0.5) is 48.3 Å². The van der Waals surface area contributed by atoms with Crippen LogP contribution in [0, 0.1) is 0 Å². The monoisotopic (exact) mass is 474 g/mol. The zero-order valence-corrected chi connectivity index (χ0v) is 14.2. The molecule has 17 heteroatoms. The molecule has 0 fully saturated rings. The van der Waals surface area contributed by atoms with Gasteiger partial charge in [0.2, 0.25) is 11.7 Å². The number of carboxylic acids is 2. The van der Waals surface area contributed by atoms with Gasteiger partial charge in [-0.2, -0.15) is 48.3 Å². The fourth-order valence-electron chi connectivity index (χ4n) is 0.896. The third-order valence-corrected chi connectivity index (χ3v) is 2.38. The summed E-state index contributed by atoms with van der Waals surface area (Å²) in [5, 5.41) is 31.6. The predicted octanol–water partition coefficient (Wildman–Crippen LogP) is 3.31.